The highest BCUT2D eigenvalue weighted by Gasteiger charge is 2.19. The van der Waals surface area contributed by atoms with Crippen LogP contribution in [-0.4, -0.2) is 14.1 Å². The van der Waals surface area contributed by atoms with Crippen LogP contribution in [0, 0.1) is 6.57 Å². The van der Waals surface area contributed by atoms with Gasteiger partial charge in [-0.15, -0.1) is 11.3 Å². The SMILES string of the molecule is [C-]#[N+]c1ccc2c(c1)c1ccccc1n2-c1cccc(-c2cccc(-n3c4cnccc4c4ccc5sc6ccccc6c5c43)c2)c1. The van der Waals surface area contributed by atoms with E-state index in [2.05, 4.69) is 140 Å². The molecule has 4 nitrogen and oxygen atoms in total. The number of aromatic nitrogens is 3. The fourth-order valence-electron chi connectivity index (χ4n) is 7.39. The number of pyridine rings is 1. The molecule has 0 saturated carbocycles. The molecule has 0 aliphatic heterocycles. The van der Waals surface area contributed by atoms with Crippen LogP contribution >= 0.6 is 11.3 Å². The smallest absolute Gasteiger partial charge is 0.188 e. The van der Waals surface area contributed by atoms with Crippen LogP contribution in [0.15, 0.2) is 146 Å². The predicted octanol–water partition coefficient (Wildman–Crippen LogP) is 11.9. The first-order valence-corrected chi connectivity index (χ1v) is 16.4. The minimum absolute atomic E-state index is 0.652. The molecule has 6 aromatic carbocycles. The molecule has 10 rings (SSSR count). The number of fused-ring (bicyclic) bond motifs is 10. The molecule has 0 aliphatic rings. The standard InChI is InChI=1S/C42H24N4S/c1-43-28-16-18-37-35(24-28)31-12-2-4-14-36(31)45(37)29-10-6-8-26(22-29)27-9-7-11-30(23-27)46-38-25-44-21-20-32(38)33-17-19-40-41(42(33)46)34-13-3-5-15-39(34)47-40/h2-25H. The van der Waals surface area contributed by atoms with Gasteiger partial charge in [0.15, 0.2) is 5.69 Å². The van der Waals surface area contributed by atoms with E-state index < -0.39 is 0 Å². The van der Waals surface area contributed by atoms with Gasteiger partial charge in [-0.3, -0.25) is 4.98 Å². The maximum Gasteiger partial charge on any atom is 0.188 e. The van der Waals surface area contributed by atoms with Crippen molar-refractivity contribution < 1.29 is 0 Å². The number of hydrogen-bond acceptors (Lipinski definition) is 2. The molecule has 4 heterocycles. The molecule has 10 aromatic rings. The second kappa shape index (κ2) is 9.89. The van der Waals surface area contributed by atoms with Crippen LogP contribution in [0.2, 0.25) is 0 Å². The molecule has 0 saturated heterocycles. The second-order valence-corrected chi connectivity index (χ2v) is 13.0. The molecule has 0 radical (unpaired) electrons. The van der Waals surface area contributed by atoms with Crippen molar-refractivity contribution in [3.63, 3.8) is 0 Å². The molecule has 0 bridgehead atoms. The van der Waals surface area contributed by atoms with E-state index in [4.69, 9.17) is 6.57 Å². The molecule has 0 N–H and O–H groups in total. The third-order valence-electron chi connectivity index (χ3n) is 9.40. The number of nitrogens with zero attached hydrogens (tertiary/aromatic N) is 4. The topological polar surface area (TPSA) is 27.1 Å². The summed E-state index contributed by atoms with van der Waals surface area (Å²) in [7, 11) is 0. The normalized spacial score (nSPS) is 11.8. The summed E-state index contributed by atoms with van der Waals surface area (Å²) in [6, 6.07) is 47.4. The lowest BCUT2D eigenvalue weighted by Gasteiger charge is -2.13. The van der Waals surface area contributed by atoms with Crippen molar-refractivity contribution in [2.45, 2.75) is 0 Å². The van der Waals surface area contributed by atoms with Crippen LogP contribution in [0.5, 0.6) is 0 Å². The van der Waals surface area contributed by atoms with E-state index in [1.54, 1.807) is 0 Å². The van der Waals surface area contributed by atoms with Gasteiger partial charge in [-0.25, -0.2) is 4.85 Å². The number of rotatable bonds is 3. The van der Waals surface area contributed by atoms with E-state index in [0.717, 1.165) is 49.8 Å². The summed E-state index contributed by atoms with van der Waals surface area (Å²) in [5, 5.41) is 7.25. The van der Waals surface area contributed by atoms with Crippen LogP contribution < -0.4 is 0 Å². The van der Waals surface area contributed by atoms with Crippen molar-refractivity contribution >= 4 is 80.8 Å². The molecule has 0 unspecified atom stereocenters. The molecule has 4 aromatic heterocycles. The van der Waals surface area contributed by atoms with E-state index in [0.29, 0.717) is 5.69 Å². The Bertz CT molecular complexity index is 2930. The van der Waals surface area contributed by atoms with E-state index in [1.807, 2.05) is 35.9 Å². The Morgan fingerprint density at radius 1 is 0.532 bits per heavy atom. The van der Waals surface area contributed by atoms with Gasteiger partial charge < -0.3 is 9.13 Å². The van der Waals surface area contributed by atoms with Crippen molar-refractivity contribution in [3.8, 4) is 22.5 Å². The van der Waals surface area contributed by atoms with Gasteiger partial charge in [0.25, 0.3) is 0 Å². The highest BCUT2D eigenvalue weighted by Crippen LogP contribution is 2.43. The molecule has 218 valence electrons. The first kappa shape index (κ1) is 26.0. The Kier molecular flexibility index (Phi) is 5.48. The van der Waals surface area contributed by atoms with Crippen LogP contribution in [0.3, 0.4) is 0 Å². The van der Waals surface area contributed by atoms with Gasteiger partial charge in [-0.1, -0.05) is 72.8 Å². The lowest BCUT2D eigenvalue weighted by Crippen LogP contribution is -1.96. The van der Waals surface area contributed by atoms with E-state index in [1.165, 1.54) is 36.5 Å². The first-order valence-electron chi connectivity index (χ1n) is 15.6. The van der Waals surface area contributed by atoms with Crippen molar-refractivity contribution in [1.82, 2.24) is 14.1 Å². The second-order valence-electron chi connectivity index (χ2n) is 11.9. The van der Waals surface area contributed by atoms with Crippen LogP contribution in [-0.2, 0) is 0 Å². The lowest BCUT2D eigenvalue weighted by molar-refractivity contribution is 1.17. The zero-order valence-electron chi connectivity index (χ0n) is 25.1. The summed E-state index contributed by atoms with van der Waals surface area (Å²) >= 11 is 1.85. The highest BCUT2D eigenvalue weighted by molar-refractivity contribution is 7.26. The quantitative estimate of drug-likeness (QED) is 0.181. The maximum atomic E-state index is 7.56. The molecular formula is C42H24N4S. The molecule has 5 heteroatoms. The van der Waals surface area contributed by atoms with Crippen LogP contribution in [0.4, 0.5) is 5.69 Å². The number of thiophene rings is 1. The third kappa shape index (κ3) is 3.77. The van der Waals surface area contributed by atoms with E-state index >= 15 is 0 Å². The molecule has 0 atom stereocenters. The number of benzene rings is 6. The monoisotopic (exact) mass is 616 g/mol. The van der Waals surface area contributed by atoms with E-state index in [9.17, 15) is 0 Å². The Morgan fingerprint density at radius 2 is 1.26 bits per heavy atom. The molecule has 0 fully saturated rings. The van der Waals surface area contributed by atoms with Gasteiger partial charge in [0.2, 0.25) is 0 Å². The van der Waals surface area contributed by atoms with Gasteiger partial charge in [0, 0.05) is 53.9 Å². The number of para-hydroxylation sites is 1. The summed E-state index contributed by atoms with van der Waals surface area (Å²) in [6.07, 6.45) is 3.88. The maximum absolute atomic E-state index is 7.56. The fraction of sp³-hybridized carbons (Fsp3) is 0. The highest BCUT2D eigenvalue weighted by atomic mass is 32.1. The van der Waals surface area contributed by atoms with Gasteiger partial charge in [-0.2, -0.15) is 0 Å². The minimum Gasteiger partial charge on any atom is -0.309 e. The van der Waals surface area contributed by atoms with Crippen molar-refractivity contribution in [1.29, 1.82) is 0 Å². The summed E-state index contributed by atoms with van der Waals surface area (Å²) in [5.74, 6) is 0. The first-order chi connectivity index (χ1) is 23.3. The predicted molar refractivity (Wildman–Crippen MR) is 198 cm³/mol. The van der Waals surface area contributed by atoms with Crippen molar-refractivity contribution in [3.05, 3.63) is 157 Å². The van der Waals surface area contributed by atoms with Crippen molar-refractivity contribution in [2.24, 2.45) is 0 Å². The summed E-state index contributed by atoms with van der Waals surface area (Å²) in [4.78, 5) is 8.26. The summed E-state index contributed by atoms with van der Waals surface area (Å²) < 4.78 is 7.29. The molecule has 0 aliphatic carbocycles. The van der Waals surface area contributed by atoms with Crippen LogP contribution in [0.1, 0.15) is 0 Å². The lowest BCUT2D eigenvalue weighted by atomic mass is 10.0. The van der Waals surface area contributed by atoms with Crippen LogP contribution in [0.25, 0.3) is 91.1 Å². The largest absolute Gasteiger partial charge is 0.309 e. The molecule has 47 heavy (non-hydrogen) atoms. The zero-order valence-corrected chi connectivity index (χ0v) is 25.9. The average molecular weight is 617 g/mol. The Labute approximate surface area is 273 Å². The van der Waals surface area contributed by atoms with Crippen molar-refractivity contribution in [2.75, 3.05) is 0 Å². The fourth-order valence-corrected chi connectivity index (χ4v) is 8.50. The number of hydrogen-bond donors (Lipinski definition) is 0. The minimum atomic E-state index is 0.652. The van der Waals surface area contributed by atoms with E-state index in [-0.39, 0.29) is 0 Å². The van der Waals surface area contributed by atoms with Gasteiger partial charge in [-0.05, 0) is 77.2 Å². The van der Waals surface area contributed by atoms with Gasteiger partial charge in [0.1, 0.15) is 0 Å². The summed E-state index contributed by atoms with van der Waals surface area (Å²) in [5.41, 5.74) is 9.65. The zero-order chi connectivity index (χ0) is 31.1. The molecule has 0 amide bonds. The summed E-state index contributed by atoms with van der Waals surface area (Å²) in [6.45, 7) is 7.56. The molecule has 0 spiro atoms. The Hall–Kier alpha value is -6.22. The average Bonchev–Trinajstić information content (AvgIpc) is 3.79. The Morgan fingerprint density at radius 3 is 2.09 bits per heavy atom. The Balaban J connectivity index is 1.20. The van der Waals surface area contributed by atoms with Gasteiger partial charge >= 0.3 is 0 Å². The molecular weight excluding hydrogens is 593 g/mol. The third-order valence-corrected chi connectivity index (χ3v) is 10.5. The van der Waals surface area contributed by atoms with Gasteiger partial charge in [0.05, 0.1) is 34.8 Å².